The number of pyridine rings is 1. The summed E-state index contributed by atoms with van der Waals surface area (Å²) < 4.78 is 4.68. The Morgan fingerprint density at radius 1 is 1.28 bits per heavy atom. The molecule has 3 N–H and O–H groups in total. The molecule has 4 aromatic rings. The van der Waals surface area contributed by atoms with Crippen molar-refractivity contribution in [1.29, 1.82) is 0 Å². The second-order valence-electron chi connectivity index (χ2n) is 7.40. The first kappa shape index (κ1) is 18.3. The van der Waals surface area contributed by atoms with Crippen LogP contribution in [0.2, 0.25) is 0 Å². The number of benzene rings is 1. The lowest BCUT2D eigenvalue weighted by Crippen LogP contribution is -2.16. The summed E-state index contributed by atoms with van der Waals surface area (Å²) in [4.78, 5) is 12.5. The fraction of sp³-hybridized carbons (Fsp3) is 0.333. The van der Waals surface area contributed by atoms with E-state index < -0.39 is 0 Å². The molecule has 150 valence electrons. The highest BCUT2D eigenvalue weighted by molar-refractivity contribution is 7.97. The van der Waals surface area contributed by atoms with Crippen molar-refractivity contribution in [2.75, 3.05) is 18.8 Å². The summed E-state index contributed by atoms with van der Waals surface area (Å²) in [5.41, 5.74) is 3.28. The first-order valence-corrected chi connectivity index (χ1v) is 10.8. The molecule has 3 aromatic heterocycles. The van der Waals surface area contributed by atoms with Gasteiger partial charge in [0, 0.05) is 36.5 Å². The van der Waals surface area contributed by atoms with Gasteiger partial charge in [-0.25, -0.2) is 14.3 Å². The SMILES string of the molecule is CCCSN1CCC(n2c(-c3ccc(O)cc3O)nc3cnc4[nH]ccc4c32)C1. The van der Waals surface area contributed by atoms with Crippen LogP contribution in [0.25, 0.3) is 33.5 Å². The van der Waals surface area contributed by atoms with E-state index in [1.807, 2.05) is 24.2 Å². The Hall–Kier alpha value is -2.71. The third kappa shape index (κ3) is 3.12. The van der Waals surface area contributed by atoms with Crippen LogP contribution in [0.5, 0.6) is 11.5 Å². The second kappa shape index (κ2) is 7.27. The van der Waals surface area contributed by atoms with Crippen molar-refractivity contribution in [1.82, 2.24) is 23.8 Å². The van der Waals surface area contributed by atoms with Gasteiger partial charge in [0.2, 0.25) is 0 Å². The minimum atomic E-state index is 0.0232. The van der Waals surface area contributed by atoms with Crippen LogP contribution in [-0.4, -0.2) is 52.9 Å². The van der Waals surface area contributed by atoms with E-state index in [-0.39, 0.29) is 17.5 Å². The standard InChI is InChI=1S/C21H23N5O2S/c1-2-9-29-25-8-6-13(12-25)26-19-16-5-7-22-20(16)23-11-17(19)24-21(26)15-4-3-14(27)10-18(15)28/h3-5,7,10-11,13,27-28H,2,6,8-9,12H2,1H3,(H,22,23). The molecule has 1 atom stereocenters. The topological polar surface area (TPSA) is 90.2 Å². The predicted octanol–water partition coefficient (Wildman–Crippen LogP) is 4.30. The maximum absolute atomic E-state index is 10.5. The van der Waals surface area contributed by atoms with Gasteiger partial charge in [-0.15, -0.1) is 0 Å². The van der Waals surface area contributed by atoms with E-state index in [2.05, 4.69) is 25.8 Å². The van der Waals surface area contributed by atoms with E-state index in [9.17, 15) is 10.2 Å². The normalized spacial score (nSPS) is 17.6. The van der Waals surface area contributed by atoms with Crippen LogP contribution in [0.3, 0.4) is 0 Å². The molecule has 4 heterocycles. The van der Waals surface area contributed by atoms with Crippen LogP contribution in [0, 0.1) is 0 Å². The van der Waals surface area contributed by atoms with Crippen LogP contribution in [0.15, 0.2) is 36.7 Å². The van der Waals surface area contributed by atoms with Crippen LogP contribution in [-0.2, 0) is 0 Å². The Bertz CT molecular complexity index is 1180. The number of hydrogen-bond donors (Lipinski definition) is 3. The molecule has 0 spiro atoms. The molecular formula is C21H23N5O2S. The minimum Gasteiger partial charge on any atom is -0.508 e. The maximum Gasteiger partial charge on any atom is 0.145 e. The molecule has 1 unspecified atom stereocenters. The summed E-state index contributed by atoms with van der Waals surface area (Å²) in [7, 11) is 0. The predicted molar refractivity (Wildman–Crippen MR) is 116 cm³/mol. The van der Waals surface area contributed by atoms with Gasteiger partial charge in [-0.3, -0.25) is 0 Å². The van der Waals surface area contributed by atoms with Gasteiger partial charge in [0.1, 0.15) is 28.5 Å². The number of aromatic nitrogens is 4. The lowest BCUT2D eigenvalue weighted by Gasteiger charge is -2.19. The molecule has 1 aliphatic rings. The summed E-state index contributed by atoms with van der Waals surface area (Å²) >= 11 is 1.90. The molecular weight excluding hydrogens is 386 g/mol. The molecule has 29 heavy (non-hydrogen) atoms. The van der Waals surface area contributed by atoms with Crippen LogP contribution in [0.4, 0.5) is 0 Å². The molecule has 1 aromatic carbocycles. The van der Waals surface area contributed by atoms with Gasteiger partial charge in [-0.05, 0) is 31.0 Å². The lowest BCUT2D eigenvalue weighted by molar-refractivity contribution is 0.450. The van der Waals surface area contributed by atoms with Crippen LogP contribution in [0.1, 0.15) is 25.8 Å². The smallest absolute Gasteiger partial charge is 0.145 e. The summed E-state index contributed by atoms with van der Waals surface area (Å²) in [5, 5.41) is 21.3. The van der Waals surface area contributed by atoms with Gasteiger partial charge in [0.25, 0.3) is 0 Å². The molecule has 8 heteroatoms. The molecule has 0 amide bonds. The van der Waals surface area contributed by atoms with Crippen LogP contribution < -0.4 is 0 Å². The van der Waals surface area contributed by atoms with Crippen molar-refractivity contribution in [3.63, 3.8) is 0 Å². The molecule has 0 bridgehead atoms. The third-order valence-electron chi connectivity index (χ3n) is 5.43. The van der Waals surface area contributed by atoms with Gasteiger partial charge in [-0.1, -0.05) is 18.9 Å². The average Bonchev–Trinajstić information content (AvgIpc) is 3.43. The van der Waals surface area contributed by atoms with Crippen molar-refractivity contribution in [2.45, 2.75) is 25.8 Å². The van der Waals surface area contributed by atoms with Crippen molar-refractivity contribution >= 4 is 34.0 Å². The Morgan fingerprint density at radius 3 is 3.00 bits per heavy atom. The molecule has 0 aliphatic carbocycles. The highest BCUT2D eigenvalue weighted by Gasteiger charge is 2.29. The van der Waals surface area contributed by atoms with E-state index >= 15 is 0 Å². The Morgan fingerprint density at radius 2 is 2.17 bits per heavy atom. The number of aromatic amines is 1. The quantitative estimate of drug-likeness (QED) is 0.426. The highest BCUT2D eigenvalue weighted by Crippen LogP contribution is 2.40. The first-order valence-electron chi connectivity index (χ1n) is 9.90. The number of phenolic OH excluding ortho intramolecular Hbond substituents is 2. The summed E-state index contributed by atoms with van der Waals surface area (Å²) in [6.45, 7) is 4.15. The zero-order valence-corrected chi connectivity index (χ0v) is 17.0. The lowest BCUT2D eigenvalue weighted by atomic mass is 10.1. The number of H-pyrrole nitrogens is 1. The fourth-order valence-electron chi connectivity index (χ4n) is 4.11. The first-order chi connectivity index (χ1) is 14.2. The molecule has 5 rings (SSSR count). The van der Waals surface area contributed by atoms with Gasteiger partial charge in [-0.2, -0.15) is 0 Å². The van der Waals surface area contributed by atoms with E-state index in [4.69, 9.17) is 4.98 Å². The average molecular weight is 410 g/mol. The largest absolute Gasteiger partial charge is 0.508 e. The monoisotopic (exact) mass is 409 g/mol. The Labute approximate surface area is 172 Å². The van der Waals surface area contributed by atoms with Crippen LogP contribution >= 0.6 is 11.9 Å². The maximum atomic E-state index is 10.5. The molecule has 0 radical (unpaired) electrons. The molecule has 1 fully saturated rings. The molecule has 7 nitrogen and oxygen atoms in total. The number of rotatable bonds is 5. The number of nitrogens with one attached hydrogen (secondary N) is 1. The number of imidazole rings is 1. The van der Waals surface area contributed by atoms with Gasteiger partial charge >= 0.3 is 0 Å². The van der Waals surface area contributed by atoms with Gasteiger partial charge in [0.05, 0.1) is 23.3 Å². The Balaban J connectivity index is 1.70. The Kier molecular flexibility index (Phi) is 4.60. The number of hydrogen-bond acceptors (Lipinski definition) is 6. The van der Waals surface area contributed by atoms with E-state index in [0.29, 0.717) is 11.4 Å². The minimum absolute atomic E-state index is 0.0232. The van der Waals surface area contributed by atoms with Gasteiger partial charge < -0.3 is 19.8 Å². The van der Waals surface area contributed by atoms with Crippen molar-refractivity contribution in [2.24, 2.45) is 0 Å². The number of nitrogens with zero attached hydrogens (tertiary/aromatic N) is 4. The van der Waals surface area contributed by atoms with Crippen molar-refractivity contribution in [3.8, 4) is 22.9 Å². The highest BCUT2D eigenvalue weighted by atomic mass is 32.2. The zero-order chi connectivity index (χ0) is 20.0. The summed E-state index contributed by atoms with van der Waals surface area (Å²) in [6, 6.07) is 6.94. The number of fused-ring (bicyclic) bond motifs is 3. The van der Waals surface area contributed by atoms with Gasteiger partial charge in [0.15, 0.2) is 0 Å². The van der Waals surface area contributed by atoms with Crippen molar-refractivity contribution in [3.05, 3.63) is 36.7 Å². The van der Waals surface area contributed by atoms with E-state index in [0.717, 1.165) is 53.8 Å². The second-order valence-corrected chi connectivity index (χ2v) is 8.59. The summed E-state index contributed by atoms with van der Waals surface area (Å²) in [5.74, 6) is 1.89. The van der Waals surface area contributed by atoms with E-state index in [1.54, 1.807) is 18.3 Å². The molecule has 0 saturated carbocycles. The third-order valence-corrected chi connectivity index (χ3v) is 6.71. The van der Waals surface area contributed by atoms with Crippen molar-refractivity contribution < 1.29 is 10.2 Å². The van der Waals surface area contributed by atoms with E-state index in [1.165, 1.54) is 6.07 Å². The number of aromatic hydroxyl groups is 2. The zero-order valence-electron chi connectivity index (χ0n) is 16.2. The molecule has 1 saturated heterocycles. The number of phenols is 2. The summed E-state index contributed by atoms with van der Waals surface area (Å²) in [6.07, 6.45) is 5.85. The fourth-order valence-corrected chi connectivity index (χ4v) is 5.06. The molecule has 1 aliphatic heterocycles.